The Bertz CT molecular complexity index is 1520. The summed E-state index contributed by atoms with van der Waals surface area (Å²) >= 11 is 0. The van der Waals surface area contributed by atoms with Crippen LogP contribution in [0.25, 0.3) is 28.4 Å². The zero-order valence-electron chi connectivity index (χ0n) is 19.0. The van der Waals surface area contributed by atoms with E-state index in [2.05, 4.69) is 27.0 Å². The fourth-order valence-electron chi connectivity index (χ4n) is 3.50. The summed E-state index contributed by atoms with van der Waals surface area (Å²) in [4.78, 5) is 19.9. The van der Waals surface area contributed by atoms with Crippen molar-refractivity contribution in [2.45, 2.75) is 6.54 Å². The lowest BCUT2D eigenvalue weighted by Crippen LogP contribution is -2.21. The van der Waals surface area contributed by atoms with E-state index in [1.807, 2.05) is 30.3 Å². The van der Waals surface area contributed by atoms with Crippen molar-refractivity contribution in [3.63, 3.8) is 0 Å². The molecule has 1 amide bonds. The number of aromatic nitrogens is 4. The second kappa shape index (κ2) is 10.7. The Kier molecular flexibility index (Phi) is 7.25. The molecule has 0 saturated heterocycles. The number of phenolic OH excluding ortho intramolecular Hbond substituents is 1. The highest BCUT2D eigenvalue weighted by Crippen LogP contribution is 2.34. The van der Waals surface area contributed by atoms with Crippen molar-refractivity contribution < 1.29 is 18.3 Å². The molecule has 0 aliphatic rings. The number of nitrogen functional groups attached to an aromatic ring is 1. The second-order valence-electron chi connectivity index (χ2n) is 7.58. The number of aromatic hydroxyl groups is 1. The van der Waals surface area contributed by atoms with Gasteiger partial charge in [0.25, 0.3) is 0 Å². The molecule has 4 aromatic rings. The zero-order valence-corrected chi connectivity index (χ0v) is 19.9. The molecule has 0 aliphatic heterocycles. The molecular weight excluding hydrogens is 482 g/mol. The van der Waals surface area contributed by atoms with Gasteiger partial charge in [-0.2, -0.15) is 5.10 Å². The minimum Gasteiger partial charge on any atom is -0.506 e. The minimum absolute atomic E-state index is 0.0972. The molecular formula is C24H23N7O4S. The van der Waals surface area contributed by atoms with E-state index in [1.54, 1.807) is 12.1 Å². The number of phenols is 1. The van der Waals surface area contributed by atoms with Crippen LogP contribution < -0.4 is 11.1 Å². The van der Waals surface area contributed by atoms with Gasteiger partial charge in [0.15, 0.2) is 5.65 Å². The summed E-state index contributed by atoms with van der Waals surface area (Å²) in [6.45, 7) is 3.66. The van der Waals surface area contributed by atoms with Crippen molar-refractivity contribution in [1.82, 2.24) is 24.1 Å². The summed E-state index contributed by atoms with van der Waals surface area (Å²) in [6.07, 6.45) is 5.58. The summed E-state index contributed by atoms with van der Waals surface area (Å²) in [5, 5.41) is 18.0. The van der Waals surface area contributed by atoms with Gasteiger partial charge < -0.3 is 16.2 Å². The summed E-state index contributed by atoms with van der Waals surface area (Å²) in [7, 11) is -2.89. The number of nitrogens with one attached hydrogen (secondary N) is 1. The third kappa shape index (κ3) is 5.33. The number of fused-ring (bicyclic) bond motifs is 1. The number of nitrogens with zero attached hydrogens (tertiary/aromatic N) is 5. The Balaban J connectivity index is 1.65. The minimum atomic E-state index is -2.89. The van der Waals surface area contributed by atoms with Gasteiger partial charge in [0.1, 0.15) is 23.6 Å². The van der Waals surface area contributed by atoms with Crippen molar-refractivity contribution in [1.29, 1.82) is 0 Å². The predicted molar refractivity (Wildman–Crippen MR) is 138 cm³/mol. The van der Waals surface area contributed by atoms with E-state index in [-0.39, 0.29) is 30.3 Å². The van der Waals surface area contributed by atoms with Crippen LogP contribution in [0.1, 0.15) is 5.56 Å². The molecule has 0 bridgehead atoms. The average molecular weight is 506 g/mol. The van der Waals surface area contributed by atoms with Crippen molar-refractivity contribution in [2.24, 2.45) is 0 Å². The first-order valence-corrected chi connectivity index (χ1v) is 11.9. The number of rotatable bonds is 9. The van der Waals surface area contributed by atoms with Gasteiger partial charge in [0.05, 0.1) is 24.2 Å². The van der Waals surface area contributed by atoms with Crippen LogP contribution in [0.3, 0.4) is 0 Å². The molecule has 4 rings (SSSR count). The molecule has 4 N–H and O–H groups in total. The molecule has 0 radical (unpaired) electrons. The molecule has 36 heavy (non-hydrogen) atoms. The summed E-state index contributed by atoms with van der Waals surface area (Å²) in [6, 6.07) is 13.9. The summed E-state index contributed by atoms with van der Waals surface area (Å²) in [5.74, 6) is -0.463. The van der Waals surface area contributed by atoms with Crippen LogP contribution in [0.4, 0.5) is 11.5 Å². The molecule has 2 aromatic carbocycles. The van der Waals surface area contributed by atoms with Crippen molar-refractivity contribution >= 4 is 45.4 Å². The lowest BCUT2D eigenvalue weighted by Gasteiger charge is -2.12. The molecule has 12 heteroatoms. The van der Waals surface area contributed by atoms with Gasteiger partial charge in [0.2, 0.25) is 16.8 Å². The number of amides is 1. The maximum atomic E-state index is 11.8. The number of thiol groups is 1. The number of carbonyl (C=O) groups excluding carboxylic acids is 1. The maximum Gasteiger partial charge on any atom is 0.247 e. The third-order valence-electron chi connectivity index (χ3n) is 5.26. The average Bonchev–Trinajstić information content (AvgIpc) is 3.25. The van der Waals surface area contributed by atoms with E-state index in [1.165, 1.54) is 33.6 Å². The quantitative estimate of drug-likeness (QED) is 0.153. The van der Waals surface area contributed by atoms with Crippen LogP contribution in [-0.2, 0) is 22.2 Å². The van der Waals surface area contributed by atoms with Crippen LogP contribution in [0.2, 0.25) is 0 Å². The molecule has 0 saturated carbocycles. The second-order valence-corrected chi connectivity index (χ2v) is 8.57. The fraction of sp³-hybridized carbons (Fsp3) is 0.0833. The number of benzene rings is 2. The maximum absolute atomic E-state index is 11.8. The number of hydrogen-bond donors (Lipinski definition) is 4. The molecule has 0 fully saturated rings. The van der Waals surface area contributed by atoms with Gasteiger partial charge >= 0.3 is 0 Å². The van der Waals surface area contributed by atoms with E-state index >= 15 is 0 Å². The van der Waals surface area contributed by atoms with E-state index in [4.69, 9.17) is 5.73 Å². The van der Waals surface area contributed by atoms with Gasteiger partial charge in [-0.25, -0.2) is 23.1 Å². The molecule has 184 valence electrons. The number of carbonyl (C=O) groups is 1. The van der Waals surface area contributed by atoms with Crippen LogP contribution in [0.5, 0.6) is 5.75 Å². The van der Waals surface area contributed by atoms with Crippen molar-refractivity contribution in [3.8, 4) is 17.0 Å². The van der Waals surface area contributed by atoms with Crippen molar-refractivity contribution in [3.05, 3.63) is 79.3 Å². The number of anilines is 2. The van der Waals surface area contributed by atoms with Gasteiger partial charge in [-0.3, -0.25) is 9.10 Å². The largest absolute Gasteiger partial charge is 0.506 e. The van der Waals surface area contributed by atoms with Crippen molar-refractivity contribution in [2.75, 3.05) is 17.6 Å². The molecule has 0 spiro atoms. The lowest BCUT2D eigenvalue weighted by atomic mass is 10.1. The highest BCUT2D eigenvalue weighted by atomic mass is 32.2. The number of nitrogens with two attached hydrogens (primary N) is 1. The Labute approximate surface area is 208 Å². The zero-order chi connectivity index (χ0) is 25.7. The van der Waals surface area contributed by atoms with E-state index in [9.17, 15) is 18.3 Å². The fourth-order valence-corrected chi connectivity index (χ4v) is 3.93. The number of hydrogen-bond acceptors (Lipinski definition) is 8. The van der Waals surface area contributed by atoms with Crippen LogP contribution in [0, 0.1) is 0 Å². The SMILES string of the molecule is C=CC(=O)Nc1ccc(-c2nn(CCN(C=Cc3ccccc3)[SH](=O)=O)c3ncnc(N)c23)cc1O. The predicted octanol–water partition coefficient (Wildman–Crippen LogP) is 2.40. The Hall–Kier alpha value is -4.71. The highest BCUT2D eigenvalue weighted by molar-refractivity contribution is 7.70. The first-order chi connectivity index (χ1) is 17.4. The highest BCUT2D eigenvalue weighted by Gasteiger charge is 2.19. The lowest BCUT2D eigenvalue weighted by molar-refractivity contribution is -0.111. The summed E-state index contributed by atoms with van der Waals surface area (Å²) < 4.78 is 26.4. The molecule has 0 unspecified atom stereocenters. The monoisotopic (exact) mass is 505 g/mol. The summed E-state index contributed by atoms with van der Waals surface area (Å²) in [5.41, 5.74) is 8.50. The van der Waals surface area contributed by atoms with Gasteiger partial charge in [-0.05, 0) is 29.8 Å². The smallest absolute Gasteiger partial charge is 0.247 e. The molecule has 11 nitrogen and oxygen atoms in total. The van der Waals surface area contributed by atoms with Gasteiger partial charge in [-0.1, -0.05) is 43.0 Å². The normalized spacial score (nSPS) is 11.2. The molecule has 0 aliphatic carbocycles. The van der Waals surface area contributed by atoms with Crippen LogP contribution in [-0.4, -0.2) is 50.0 Å². The standard InChI is InChI=1S/C24H23N7O4S/c1-2-20(33)28-18-9-8-17(14-19(18)32)22-21-23(25)26-15-27-24(21)31(29-22)13-12-30(36(34)35)11-10-16-6-4-3-5-7-16/h2-11,14-15,32,36H,1,12-13H2,(H,28,33)(H2,25,26,27). The van der Waals surface area contributed by atoms with Crippen LogP contribution >= 0.6 is 0 Å². The first kappa shape index (κ1) is 24.4. The Morgan fingerprint density at radius 2 is 1.97 bits per heavy atom. The van der Waals surface area contributed by atoms with E-state index in [0.29, 0.717) is 22.3 Å². The molecule has 0 atom stereocenters. The van der Waals surface area contributed by atoms with E-state index < -0.39 is 16.8 Å². The van der Waals surface area contributed by atoms with Gasteiger partial charge in [-0.15, -0.1) is 0 Å². The van der Waals surface area contributed by atoms with Crippen LogP contribution in [0.15, 0.2) is 73.7 Å². The Morgan fingerprint density at radius 3 is 2.67 bits per heavy atom. The molecule has 2 heterocycles. The molecule has 2 aromatic heterocycles. The third-order valence-corrected chi connectivity index (χ3v) is 6.02. The first-order valence-electron chi connectivity index (χ1n) is 10.8. The van der Waals surface area contributed by atoms with E-state index in [0.717, 1.165) is 11.6 Å². The Morgan fingerprint density at radius 1 is 1.19 bits per heavy atom. The van der Waals surface area contributed by atoms with Gasteiger partial charge in [0, 0.05) is 11.8 Å². The topological polar surface area (TPSA) is 156 Å².